The molecule has 3 nitrogen and oxygen atoms in total. The summed E-state index contributed by atoms with van der Waals surface area (Å²) in [7, 11) is 0. The zero-order valence-electron chi connectivity index (χ0n) is 12.9. The molecule has 22 heavy (non-hydrogen) atoms. The van der Waals surface area contributed by atoms with Gasteiger partial charge in [-0.3, -0.25) is 4.79 Å². The van der Waals surface area contributed by atoms with Crippen LogP contribution < -0.4 is 4.74 Å². The second-order valence-electron chi connectivity index (χ2n) is 5.09. The Hall–Kier alpha value is -2.36. The fourth-order valence-electron chi connectivity index (χ4n) is 2.18. The van der Waals surface area contributed by atoms with Crippen molar-refractivity contribution < 1.29 is 13.9 Å². The molecule has 0 aromatic heterocycles. The predicted octanol–water partition coefficient (Wildman–Crippen LogP) is 3.56. The smallest absolute Gasteiger partial charge is 0.260 e. The number of rotatable bonds is 6. The molecular weight excluding hydrogens is 281 g/mol. The van der Waals surface area contributed by atoms with Crippen molar-refractivity contribution in [3.63, 3.8) is 0 Å². The monoisotopic (exact) mass is 301 g/mol. The minimum Gasteiger partial charge on any atom is -0.484 e. The maximum Gasteiger partial charge on any atom is 0.260 e. The lowest BCUT2D eigenvalue weighted by Crippen LogP contribution is -2.34. The fraction of sp³-hybridized carbons (Fsp3) is 0.278. The summed E-state index contributed by atoms with van der Waals surface area (Å²) < 4.78 is 18.8. The highest BCUT2D eigenvalue weighted by atomic mass is 19.1. The summed E-state index contributed by atoms with van der Waals surface area (Å²) in [6.07, 6.45) is 0. The molecule has 0 saturated heterocycles. The third-order valence-corrected chi connectivity index (χ3v) is 3.44. The van der Waals surface area contributed by atoms with Crippen LogP contribution in [0.3, 0.4) is 0 Å². The van der Waals surface area contributed by atoms with Gasteiger partial charge in [0.1, 0.15) is 11.6 Å². The van der Waals surface area contributed by atoms with Crippen molar-refractivity contribution in [1.29, 1.82) is 0 Å². The molecule has 0 heterocycles. The third kappa shape index (κ3) is 4.32. The Labute approximate surface area is 130 Å². The zero-order chi connectivity index (χ0) is 15.9. The lowest BCUT2D eigenvalue weighted by Gasteiger charge is -2.21. The van der Waals surface area contributed by atoms with E-state index in [2.05, 4.69) is 0 Å². The lowest BCUT2D eigenvalue weighted by molar-refractivity contribution is -0.133. The maximum atomic E-state index is 13.2. The van der Waals surface area contributed by atoms with Gasteiger partial charge < -0.3 is 9.64 Å². The summed E-state index contributed by atoms with van der Waals surface area (Å²) in [4.78, 5) is 13.9. The standard InChI is InChI=1S/C18H20FNO2/c1-3-20(12-15-8-6-9-16(19)11-15)18(21)13-22-17-10-5-4-7-14(17)2/h4-11H,3,12-13H2,1-2H3. The lowest BCUT2D eigenvalue weighted by atomic mass is 10.2. The van der Waals surface area contributed by atoms with Crippen molar-refractivity contribution in [2.24, 2.45) is 0 Å². The maximum absolute atomic E-state index is 13.2. The van der Waals surface area contributed by atoms with Gasteiger partial charge in [0.2, 0.25) is 0 Å². The Morgan fingerprint density at radius 2 is 1.95 bits per heavy atom. The first-order chi connectivity index (χ1) is 10.6. The van der Waals surface area contributed by atoms with E-state index in [9.17, 15) is 9.18 Å². The molecule has 0 aliphatic rings. The summed E-state index contributed by atoms with van der Waals surface area (Å²) in [5.41, 5.74) is 1.76. The van der Waals surface area contributed by atoms with E-state index >= 15 is 0 Å². The first-order valence-corrected chi connectivity index (χ1v) is 7.30. The second kappa shape index (κ2) is 7.59. The average Bonchev–Trinajstić information content (AvgIpc) is 2.51. The Balaban J connectivity index is 1.96. The highest BCUT2D eigenvalue weighted by Gasteiger charge is 2.13. The van der Waals surface area contributed by atoms with Gasteiger partial charge in [0.15, 0.2) is 6.61 Å². The van der Waals surface area contributed by atoms with Crippen molar-refractivity contribution in [3.05, 3.63) is 65.5 Å². The van der Waals surface area contributed by atoms with Crippen LogP contribution in [0.1, 0.15) is 18.1 Å². The number of carbonyl (C=O) groups excluding carboxylic acids is 1. The number of ether oxygens (including phenoxy) is 1. The number of hydrogen-bond acceptors (Lipinski definition) is 2. The number of para-hydroxylation sites is 1. The molecule has 0 N–H and O–H groups in total. The summed E-state index contributed by atoms with van der Waals surface area (Å²) >= 11 is 0. The quantitative estimate of drug-likeness (QED) is 0.816. The fourth-order valence-corrected chi connectivity index (χ4v) is 2.18. The molecule has 0 radical (unpaired) electrons. The van der Waals surface area contributed by atoms with Crippen LogP contribution in [0, 0.1) is 12.7 Å². The number of benzene rings is 2. The number of amides is 1. The summed E-state index contributed by atoms with van der Waals surface area (Å²) in [5, 5.41) is 0. The number of carbonyl (C=O) groups is 1. The van der Waals surface area contributed by atoms with Crippen molar-refractivity contribution in [2.45, 2.75) is 20.4 Å². The van der Waals surface area contributed by atoms with E-state index in [1.54, 1.807) is 17.0 Å². The summed E-state index contributed by atoms with van der Waals surface area (Å²) in [6, 6.07) is 13.9. The van der Waals surface area contributed by atoms with E-state index in [4.69, 9.17) is 4.74 Å². The molecule has 0 aliphatic heterocycles. The Morgan fingerprint density at radius 1 is 1.18 bits per heavy atom. The van der Waals surface area contributed by atoms with E-state index in [0.29, 0.717) is 18.8 Å². The van der Waals surface area contributed by atoms with Crippen LogP contribution in [-0.2, 0) is 11.3 Å². The minimum absolute atomic E-state index is 0.0198. The molecule has 2 rings (SSSR count). The van der Waals surface area contributed by atoms with Crippen LogP contribution in [0.2, 0.25) is 0 Å². The van der Waals surface area contributed by atoms with Crippen molar-refractivity contribution in [2.75, 3.05) is 13.2 Å². The second-order valence-corrected chi connectivity index (χ2v) is 5.09. The van der Waals surface area contributed by atoms with Gasteiger partial charge in [0, 0.05) is 13.1 Å². The van der Waals surface area contributed by atoms with Gasteiger partial charge in [-0.1, -0.05) is 30.3 Å². The molecule has 0 unspecified atom stereocenters. The van der Waals surface area contributed by atoms with Gasteiger partial charge in [0.25, 0.3) is 5.91 Å². The Kier molecular flexibility index (Phi) is 5.53. The Morgan fingerprint density at radius 3 is 2.64 bits per heavy atom. The first kappa shape index (κ1) is 16.0. The predicted molar refractivity (Wildman–Crippen MR) is 84.2 cm³/mol. The van der Waals surface area contributed by atoms with Gasteiger partial charge in [0.05, 0.1) is 0 Å². The molecule has 0 spiro atoms. The molecule has 0 atom stereocenters. The van der Waals surface area contributed by atoms with E-state index in [1.165, 1.54) is 12.1 Å². The Bertz CT molecular complexity index is 642. The molecule has 2 aromatic rings. The third-order valence-electron chi connectivity index (χ3n) is 3.44. The molecule has 2 aromatic carbocycles. The van der Waals surface area contributed by atoms with Crippen molar-refractivity contribution >= 4 is 5.91 Å². The molecule has 4 heteroatoms. The first-order valence-electron chi connectivity index (χ1n) is 7.30. The number of likely N-dealkylation sites (N-methyl/N-ethyl adjacent to an activating group) is 1. The van der Waals surface area contributed by atoms with Crippen LogP contribution >= 0.6 is 0 Å². The summed E-state index contributed by atoms with van der Waals surface area (Å²) in [5.74, 6) is 0.296. The highest BCUT2D eigenvalue weighted by Crippen LogP contribution is 2.16. The minimum atomic E-state index is -0.294. The van der Waals surface area contributed by atoms with E-state index in [1.807, 2.05) is 38.1 Å². The van der Waals surface area contributed by atoms with Crippen LogP contribution in [0.15, 0.2) is 48.5 Å². The van der Waals surface area contributed by atoms with E-state index in [0.717, 1.165) is 11.1 Å². The number of nitrogens with zero attached hydrogens (tertiary/aromatic N) is 1. The van der Waals surface area contributed by atoms with Crippen molar-refractivity contribution in [1.82, 2.24) is 4.90 Å². The average molecular weight is 301 g/mol. The van der Waals surface area contributed by atoms with Crippen LogP contribution in [0.25, 0.3) is 0 Å². The highest BCUT2D eigenvalue weighted by molar-refractivity contribution is 5.77. The molecular formula is C18H20FNO2. The molecule has 0 saturated carbocycles. The van der Waals surface area contributed by atoms with E-state index in [-0.39, 0.29) is 18.3 Å². The van der Waals surface area contributed by atoms with Gasteiger partial charge >= 0.3 is 0 Å². The van der Waals surface area contributed by atoms with E-state index < -0.39 is 0 Å². The topological polar surface area (TPSA) is 29.5 Å². The molecule has 116 valence electrons. The number of aryl methyl sites for hydroxylation is 1. The van der Waals surface area contributed by atoms with Crippen molar-refractivity contribution in [3.8, 4) is 5.75 Å². The largest absolute Gasteiger partial charge is 0.484 e. The normalized spacial score (nSPS) is 10.3. The molecule has 1 amide bonds. The molecule has 0 aliphatic carbocycles. The van der Waals surface area contributed by atoms with Gasteiger partial charge in [-0.25, -0.2) is 4.39 Å². The van der Waals surface area contributed by atoms with Gasteiger partial charge in [-0.15, -0.1) is 0 Å². The molecule has 0 bridgehead atoms. The van der Waals surface area contributed by atoms with Gasteiger partial charge in [-0.2, -0.15) is 0 Å². The number of hydrogen-bond donors (Lipinski definition) is 0. The summed E-state index contributed by atoms with van der Waals surface area (Å²) in [6.45, 7) is 4.74. The van der Waals surface area contributed by atoms with Gasteiger partial charge in [-0.05, 0) is 43.2 Å². The van der Waals surface area contributed by atoms with Crippen LogP contribution in [0.4, 0.5) is 4.39 Å². The SMILES string of the molecule is CCN(Cc1cccc(F)c1)C(=O)COc1ccccc1C. The van der Waals surface area contributed by atoms with Crippen LogP contribution in [0.5, 0.6) is 5.75 Å². The number of halogens is 1. The zero-order valence-corrected chi connectivity index (χ0v) is 12.9. The molecule has 0 fully saturated rings. The van der Waals surface area contributed by atoms with Crippen LogP contribution in [-0.4, -0.2) is 24.0 Å².